The molecule has 1 N–H and O–H groups in total. The van der Waals surface area contributed by atoms with Gasteiger partial charge in [0.25, 0.3) is 0 Å². The molecule has 128 valence electrons. The van der Waals surface area contributed by atoms with Crippen LogP contribution in [0.25, 0.3) is 0 Å². The molecule has 24 heavy (non-hydrogen) atoms. The van der Waals surface area contributed by atoms with Gasteiger partial charge in [0, 0.05) is 19.2 Å². The molecule has 0 amide bonds. The van der Waals surface area contributed by atoms with Crippen LogP contribution in [-0.4, -0.2) is 38.0 Å². The van der Waals surface area contributed by atoms with Gasteiger partial charge in [-0.25, -0.2) is 8.78 Å². The lowest BCUT2D eigenvalue weighted by molar-refractivity contribution is 0.111. The monoisotopic (exact) mass is 338 g/mol. The van der Waals surface area contributed by atoms with Crippen LogP contribution in [0, 0.1) is 11.6 Å². The number of halogens is 2. The molecule has 0 spiro atoms. The van der Waals surface area contributed by atoms with Crippen molar-refractivity contribution in [2.45, 2.75) is 0 Å². The van der Waals surface area contributed by atoms with E-state index in [0.717, 1.165) is 6.07 Å². The first-order chi connectivity index (χ1) is 11.5. The molecule has 0 aromatic heterocycles. The van der Waals surface area contributed by atoms with Gasteiger partial charge in [0.15, 0.2) is 12.6 Å². The van der Waals surface area contributed by atoms with Gasteiger partial charge in [0.1, 0.15) is 29.7 Å². The number of phenols is 1. The molecule has 0 aliphatic rings. The van der Waals surface area contributed by atoms with Crippen molar-refractivity contribution in [3.05, 3.63) is 59.2 Å². The van der Waals surface area contributed by atoms with E-state index in [1.54, 1.807) is 13.2 Å². The van der Waals surface area contributed by atoms with E-state index < -0.39 is 11.6 Å². The van der Waals surface area contributed by atoms with Gasteiger partial charge in [-0.3, -0.25) is 9.59 Å². The molecule has 2 rings (SSSR count). The molecule has 0 atom stereocenters. The minimum Gasteiger partial charge on any atom is -0.508 e. The molecular formula is C17H16F2O5. The maximum Gasteiger partial charge on any atom is 0.152 e. The van der Waals surface area contributed by atoms with Crippen molar-refractivity contribution in [2.24, 2.45) is 0 Å². The van der Waals surface area contributed by atoms with E-state index in [9.17, 15) is 18.4 Å². The van der Waals surface area contributed by atoms with Crippen LogP contribution >= 0.6 is 0 Å². The average molecular weight is 338 g/mol. The van der Waals surface area contributed by atoms with Crippen molar-refractivity contribution in [3.63, 3.8) is 0 Å². The highest BCUT2D eigenvalue weighted by Gasteiger charge is 2.02. The molecule has 0 radical (unpaired) electrons. The van der Waals surface area contributed by atoms with E-state index in [1.165, 1.54) is 24.3 Å². The highest BCUT2D eigenvalue weighted by atomic mass is 19.1. The Hall–Kier alpha value is -2.80. The minimum absolute atomic E-state index is 0.0316. The van der Waals surface area contributed by atoms with Crippen LogP contribution in [0.2, 0.25) is 0 Å². The Kier molecular flexibility index (Phi) is 8.07. The average Bonchev–Trinajstić information content (AvgIpc) is 2.56. The quantitative estimate of drug-likeness (QED) is 0.647. The van der Waals surface area contributed by atoms with Gasteiger partial charge in [-0.2, -0.15) is 0 Å². The zero-order valence-corrected chi connectivity index (χ0v) is 12.9. The van der Waals surface area contributed by atoms with Crippen LogP contribution in [0.5, 0.6) is 11.5 Å². The Morgan fingerprint density at radius 1 is 0.958 bits per heavy atom. The van der Waals surface area contributed by atoms with Gasteiger partial charge in [-0.05, 0) is 24.3 Å². The van der Waals surface area contributed by atoms with E-state index in [-0.39, 0.29) is 16.9 Å². The Morgan fingerprint density at radius 3 is 2.04 bits per heavy atom. The van der Waals surface area contributed by atoms with E-state index in [1.807, 2.05) is 0 Å². The maximum absolute atomic E-state index is 13.0. The van der Waals surface area contributed by atoms with Gasteiger partial charge in [-0.1, -0.05) is 0 Å². The lowest BCUT2D eigenvalue weighted by atomic mass is 10.2. The lowest BCUT2D eigenvalue weighted by Gasteiger charge is -2.05. The summed E-state index contributed by atoms with van der Waals surface area (Å²) in [5, 5.41) is 8.68. The van der Waals surface area contributed by atoms with Gasteiger partial charge < -0.3 is 14.6 Å². The predicted octanol–water partition coefficient (Wildman–Crippen LogP) is 3.01. The Labute approximate surface area is 137 Å². The molecular weight excluding hydrogens is 322 g/mol. The third-order valence-corrected chi connectivity index (χ3v) is 2.77. The molecule has 0 aliphatic heterocycles. The van der Waals surface area contributed by atoms with Gasteiger partial charge >= 0.3 is 0 Å². The zero-order chi connectivity index (χ0) is 17.9. The summed E-state index contributed by atoms with van der Waals surface area (Å²) in [6.07, 6.45) is 0.864. The molecule has 0 fully saturated rings. The second-order valence-electron chi connectivity index (χ2n) is 4.47. The maximum atomic E-state index is 13.0. The molecule has 0 unspecified atom stereocenters. The summed E-state index contributed by atoms with van der Waals surface area (Å²) in [4.78, 5) is 20.3. The SMILES string of the molecule is COCCOc1ccc(C=O)c(F)c1.O=Cc1ccc(O)cc1F. The predicted molar refractivity (Wildman–Crippen MR) is 82.6 cm³/mol. The molecule has 2 aromatic carbocycles. The fraction of sp³-hybridized carbons (Fsp3) is 0.176. The van der Waals surface area contributed by atoms with Crippen molar-refractivity contribution in [1.82, 2.24) is 0 Å². The van der Waals surface area contributed by atoms with Gasteiger partial charge in [0.2, 0.25) is 0 Å². The smallest absolute Gasteiger partial charge is 0.152 e. The topological polar surface area (TPSA) is 72.8 Å². The Balaban J connectivity index is 0.000000254. The number of methoxy groups -OCH3 is 1. The third-order valence-electron chi connectivity index (χ3n) is 2.77. The third kappa shape index (κ3) is 6.13. The summed E-state index contributed by atoms with van der Waals surface area (Å²) in [5.41, 5.74) is -0.0121. The van der Waals surface area contributed by atoms with E-state index in [2.05, 4.69) is 0 Å². The second-order valence-corrected chi connectivity index (χ2v) is 4.47. The Bertz CT molecular complexity index is 689. The lowest BCUT2D eigenvalue weighted by Crippen LogP contribution is -2.04. The number of carbonyl (C=O) groups is 2. The fourth-order valence-electron chi connectivity index (χ4n) is 1.55. The summed E-state index contributed by atoms with van der Waals surface area (Å²) in [5.74, 6) is -1.06. The van der Waals surface area contributed by atoms with Crippen molar-refractivity contribution in [3.8, 4) is 11.5 Å². The number of hydrogen-bond acceptors (Lipinski definition) is 5. The number of benzene rings is 2. The number of aldehydes is 2. The highest BCUT2D eigenvalue weighted by Crippen LogP contribution is 2.15. The number of hydrogen-bond donors (Lipinski definition) is 1. The first-order valence-electron chi connectivity index (χ1n) is 6.82. The summed E-state index contributed by atoms with van der Waals surface area (Å²) < 4.78 is 35.4. The van der Waals surface area contributed by atoms with Crippen molar-refractivity contribution in [1.29, 1.82) is 0 Å². The second kappa shape index (κ2) is 10.1. The first kappa shape index (κ1) is 19.2. The van der Waals surface area contributed by atoms with Crippen molar-refractivity contribution < 1.29 is 33.0 Å². The molecule has 7 heteroatoms. The van der Waals surface area contributed by atoms with E-state index in [0.29, 0.717) is 31.5 Å². The number of ether oxygens (including phenoxy) is 2. The van der Waals surface area contributed by atoms with Crippen LogP contribution in [0.4, 0.5) is 8.78 Å². The fourth-order valence-corrected chi connectivity index (χ4v) is 1.55. The van der Waals surface area contributed by atoms with Gasteiger partial charge in [-0.15, -0.1) is 0 Å². The van der Waals surface area contributed by atoms with Gasteiger partial charge in [0.05, 0.1) is 17.7 Å². The molecule has 0 bridgehead atoms. The van der Waals surface area contributed by atoms with Crippen LogP contribution in [0.3, 0.4) is 0 Å². The van der Waals surface area contributed by atoms with Crippen LogP contribution < -0.4 is 4.74 Å². The van der Waals surface area contributed by atoms with Crippen LogP contribution in [-0.2, 0) is 4.74 Å². The number of aromatic hydroxyl groups is 1. The summed E-state index contributed by atoms with van der Waals surface area (Å²) in [6.45, 7) is 0.799. The van der Waals surface area contributed by atoms with E-state index >= 15 is 0 Å². The standard InChI is InChI=1S/C10H11FO3.C7H5FO2/c1-13-4-5-14-9-3-2-8(7-12)10(11)6-9;8-7-3-6(10)2-1-5(7)4-9/h2-3,6-7H,4-5H2,1H3;1-4,10H. The molecule has 0 saturated carbocycles. The molecule has 0 aliphatic carbocycles. The summed E-state index contributed by atoms with van der Waals surface area (Å²) in [6, 6.07) is 7.47. The number of carbonyl (C=O) groups excluding carboxylic acids is 2. The number of rotatable bonds is 6. The van der Waals surface area contributed by atoms with Crippen molar-refractivity contribution in [2.75, 3.05) is 20.3 Å². The van der Waals surface area contributed by atoms with Crippen molar-refractivity contribution >= 4 is 12.6 Å². The van der Waals surface area contributed by atoms with Crippen LogP contribution in [0.1, 0.15) is 20.7 Å². The molecule has 5 nitrogen and oxygen atoms in total. The molecule has 0 saturated heterocycles. The summed E-state index contributed by atoms with van der Waals surface area (Å²) in [7, 11) is 1.55. The zero-order valence-electron chi connectivity index (χ0n) is 12.9. The van der Waals surface area contributed by atoms with Crippen LogP contribution in [0.15, 0.2) is 36.4 Å². The molecule has 2 aromatic rings. The molecule has 0 heterocycles. The highest BCUT2D eigenvalue weighted by molar-refractivity contribution is 5.75. The largest absolute Gasteiger partial charge is 0.508 e. The summed E-state index contributed by atoms with van der Waals surface area (Å²) >= 11 is 0. The first-order valence-corrected chi connectivity index (χ1v) is 6.82. The normalized spacial score (nSPS) is 9.62. The number of phenolic OH excluding ortho intramolecular Hbond substituents is 1. The van der Waals surface area contributed by atoms with E-state index in [4.69, 9.17) is 14.6 Å². The Morgan fingerprint density at radius 2 is 1.54 bits per heavy atom. The minimum atomic E-state index is -0.699.